The third kappa shape index (κ3) is 10.4. The minimum absolute atomic E-state index is 0.0783. The fourth-order valence-corrected chi connectivity index (χ4v) is 4.00. The second kappa shape index (κ2) is 15.2. The summed E-state index contributed by atoms with van der Waals surface area (Å²) < 4.78 is 5.56. The average Bonchev–Trinajstić information content (AvgIpc) is 2.87. The Balaban J connectivity index is 2.26. The zero-order valence-electron chi connectivity index (χ0n) is 21.2. The zero-order valence-corrected chi connectivity index (χ0v) is 22.8. The number of hydrazine groups is 1. The third-order valence-electron chi connectivity index (χ3n) is 5.99. The predicted octanol–water partition coefficient (Wildman–Crippen LogP) is 3.29. The molecule has 0 aliphatic rings. The van der Waals surface area contributed by atoms with Gasteiger partial charge in [0, 0.05) is 17.6 Å². The van der Waals surface area contributed by atoms with Gasteiger partial charge in [0.05, 0.1) is 19.3 Å². The van der Waals surface area contributed by atoms with Crippen molar-refractivity contribution in [3.63, 3.8) is 0 Å². The summed E-state index contributed by atoms with van der Waals surface area (Å²) in [5, 5.41) is 26.9. The van der Waals surface area contributed by atoms with Crippen LogP contribution >= 0.6 is 15.9 Å². The first-order valence-corrected chi connectivity index (χ1v) is 12.8. The van der Waals surface area contributed by atoms with E-state index in [4.69, 9.17) is 0 Å². The molecule has 0 saturated carbocycles. The van der Waals surface area contributed by atoms with Gasteiger partial charge in [0.25, 0.3) is 5.91 Å². The molecule has 0 fully saturated rings. The molecule has 3 amide bonds. The normalized spacial score (nSPS) is 14.2. The number of carbonyl (C=O) groups excluding carboxylic acids is 2. The summed E-state index contributed by atoms with van der Waals surface area (Å²) in [6.07, 6.45) is -2.27. The maximum Gasteiger partial charge on any atom is 0.407 e. The number of benzene rings is 2. The Labute approximate surface area is 225 Å². The lowest BCUT2D eigenvalue weighted by molar-refractivity contribution is -0.130. The largest absolute Gasteiger partial charge is 0.465 e. The Morgan fingerprint density at radius 2 is 1.68 bits per heavy atom. The number of methoxy groups -OCH3 is 1. The Kier molecular flexibility index (Phi) is 12.3. The van der Waals surface area contributed by atoms with Crippen molar-refractivity contribution in [2.45, 2.75) is 51.4 Å². The van der Waals surface area contributed by atoms with Gasteiger partial charge in [0.2, 0.25) is 0 Å². The van der Waals surface area contributed by atoms with Crippen LogP contribution in [0.15, 0.2) is 59.1 Å². The number of carboxylic acid groups (broad SMARTS) is 1. The molecule has 2 aromatic carbocycles. The van der Waals surface area contributed by atoms with E-state index in [2.05, 4.69) is 36.7 Å². The SMILES string of the molecule is CC[C@H](C)[C@H](NC(=O)OC)C(=O)NN(Cc1ccc(Br)cc1)C[C@H](O)[C@H](Cc1ccccc1)NC(=O)O. The third-order valence-corrected chi connectivity index (χ3v) is 6.52. The second-order valence-corrected chi connectivity index (χ2v) is 9.71. The van der Waals surface area contributed by atoms with Crippen molar-refractivity contribution in [3.8, 4) is 0 Å². The van der Waals surface area contributed by atoms with Gasteiger partial charge in [0.1, 0.15) is 6.04 Å². The minimum Gasteiger partial charge on any atom is -0.465 e. The molecule has 2 rings (SSSR count). The molecule has 37 heavy (non-hydrogen) atoms. The number of aliphatic hydroxyl groups is 1. The van der Waals surface area contributed by atoms with E-state index < -0.39 is 36.3 Å². The smallest absolute Gasteiger partial charge is 0.407 e. The molecule has 0 saturated heterocycles. The van der Waals surface area contributed by atoms with E-state index in [1.807, 2.05) is 68.4 Å². The molecule has 4 atom stereocenters. The lowest BCUT2D eigenvalue weighted by Gasteiger charge is -2.32. The number of halogens is 1. The number of rotatable bonds is 13. The minimum atomic E-state index is -1.26. The van der Waals surface area contributed by atoms with Crippen molar-refractivity contribution >= 4 is 34.0 Å². The van der Waals surface area contributed by atoms with E-state index in [1.54, 1.807) is 0 Å². The lowest BCUT2D eigenvalue weighted by atomic mass is 9.98. The van der Waals surface area contributed by atoms with Gasteiger partial charge in [-0.25, -0.2) is 14.6 Å². The van der Waals surface area contributed by atoms with Crippen molar-refractivity contribution in [2.75, 3.05) is 13.7 Å². The van der Waals surface area contributed by atoms with E-state index in [-0.39, 0.29) is 25.4 Å². The molecule has 5 N–H and O–H groups in total. The van der Waals surface area contributed by atoms with Crippen molar-refractivity contribution < 1.29 is 29.3 Å². The quantitative estimate of drug-likeness (QED) is 0.230. The molecule has 0 unspecified atom stereocenters. The van der Waals surface area contributed by atoms with Gasteiger partial charge in [-0.2, -0.15) is 0 Å². The Morgan fingerprint density at radius 1 is 1.03 bits per heavy atom. The molecular formula is C26H35BrN4O6. The van der Waals surface area contributed by atoms with Gasteiger partial charge in [-0.3, -0.25) is 10.2 Å². The summed E-state index contributed by atoms with van der Waals surface area (Å²) in [7, 11) is 1.22. The Hall–Kier alpha value is -3.15. The molecule has 11 heteroatoms. The van der Waals surface area contributed by atoms with Gasteiger partial charge in [-0.15, -0.1) is 0 Å². The first-order valence-electron chi connectivity index (χ1n) is 12.0. The van der Waals surface area contributed by atoms with Crippen LogP contribution < -0.4 is 16.1 Å². The molecule has 202 valence electrons. The summed E-state index contributed by atoms with van der Waals surface area (Å²) in [5.41, 5.74) is 4.50. The van der Waals surface area contributed by atoms with Crippen LogP contribution in [-0.2, 0) is 22.5 Å². The highest BCUT2D eigenvalue weighted by Gasteiger charge is 2.30. The van der Waals surface area contributed by atoms with E-state index >= 15 is 0 Å². The summed E-state index contributed by atoms with van der Waals surface area (Å²) in [4.78, 5) is 36.6. The van der Waals surface area contributed by atoms with Gasteiger partial charge < -0.3 is 25.6 Å². The summed E-state index contributed by atoms with van der Waals surface area (Å²) in [6, 6.07) is 15.0. The van der Waals surface area contributed by atoms with Crippen LogP contribution in [0, 0.1) is 5.92 Å². The number of carbonyl (C=O) groups is 3. The molecule has 0 aliphatic carbocycles. The van der Waals surface area contributed by atoms with E-state index in [1.165, 1.54) is 12.1 Å². The number of hydrogen-bond donors (Lipinski definition) is 5. The van der Waals surface area contributed by atoms with Crippen molar-refractivity contribution in [1.29, 1.82) is 0 Å². The lowest BCUT2D eigenvalue weighted by Crippen LogP contribution is -2.57. The zero-order chi connectivity index (χ0) is 27.4. The monoisotopic (exact) mass is 578 g/mol. The van der Waals surface area contributed by atoms with Crippen LogP contribution in [0.25, 0.3) is 0 Å². The van der Waals surface area contributed by atoms with Crippen molar-refractivity contribution in [3.05, 3.63) is 70.2 Å². The molecule has 0 aromatic heterocycles. The first-order chi connectivity index (χ1) is 17.6. The topological polar surface area (TPSA) is 140 Å². The molecule has 0 radical (unpaired) electrons. The number of nitrogens with one attached hydrogen (secondary N) is 3. The highest BCUT2D eigenvalue weighted by atomic mass is 79.9. The molecule has 0 heterocycles. The number of amides is 3. The van der Waals surface area contributed by atoms with Crippen LogP contribution in [0.3, 0.4) is 0 Å². The second-order valence-electron chi connectivity index (χ2n) is 8.80. The molecule has 0 bridgehead atoms. The summed E-state index contributed by atoms with van der Waals surface area (Å²) >= 11 is 3.40. The fraction of sp³-hybridized carbons (Fsp3) is 0.423. The van der Waals surface area contributed by atoms with E-state index in [9.17, 15) is 24.6 Å². The number of hydrogen-bond acceptors (Lipinski definition) is 6. The summed E-state index contributed by atoms with van der Waals surface area (Å²) in [5.74, 6) is -0.673. The van der Waals surface area contributed by atoms with Crippen LogP contribution in [0.1, 0.15) is 31.4 Å². The first kappa shape index (κ1) is 30.1. The number of aliphatic hydroxyl groups excluding tert-OH is 1. The number of ether oxygens (including phenoxy) is 1. The molecule has 2 aromatic rings. The maximum absolute atomic E-state index is 13.2. The van der Waals surface area contributed by atoms with Crippen LogP contribution in [0.2, 0.25) is 0 Å². The molecule has 0 aliphatic heterocycles. The highest BCUT2D eigenvalue weighted by Crippen LogP contribution is 2.14. The van der Waals surface area contributed by atoms with Gasteiger partial charge in [-0.05, 0) is 35.6 Å². The summed E-state index contributed by atoms with van der Waals surface area (Å²) in [6.45, 7) is 3.89. The van der Waals surface area contributed by atoms with Crippen molar-refractivity contribution in [2.24, 2.45) is 5.92 Å². The molecule has 10 nitrogen and oxygen atoms in total. The van der Waals surface area contributed by atoms with E-state index in [0.29, 0.717) is 6.42 Å². The van der Waals surface area contributed by atoms with Crippen LogP contribution in [0.5, 0.6) is 0 Å². The average molecular weight is 579 g/mol. The standard InChI is InChI=1S/C26H35BrN4O6/c1-4-17(2)23(29-26(36)37-3)24(33)30-31(15-19-10-12-20(27)13-11-19)16-22(32)21(28-25(34)35)14-18-8-6-5-7-9-18/h5-13,17,21-23,28,32H,4,14-16H2,1-3H3,(H,29,36)(H,30,33)(H,34,35)/t17-,21-,22-,23-/m0/s1. The van der Waals surface area contributed by atoms with Gasteiger partial charge in [0.15, 0.2) is 0 Å². The van der Waals surface area contributed by atoms with Gasteiger partial charge >= 0.3 is 12.2 Å². The number of nitrogens with zero attached hydrogens (tertiary/aromatic N) is 1. The van der Waals surface area contributed by atoms with E-state index in [0.717, 1.165) is 15.6 Å². The highest BCUT2D eigenvalue weighted by molar-refractivity contribution is 9.10. The predicted molar refractivity (Wildman–Crippen MR) is 143 cm³/mol. The van der Waals surface area contributed by atoms with Crippen LogP contribution in [-0.4, -0.2) is 65.2 Å². The van der Waals surface area contributed by atoms with Crippen LogP contribution in [0.4, 0.5) is 9.59 Å². The molecule has 0 spiro atoms. The Bertz CT molecular complexity index is 1010. The molecular weight excluding hydrogens is 544 g/mol. The Morgan fingerprint density at radius 3 is 2.24 bits per heavy atom. The maximum atomic E-state index is 13.2. The van der Waals surface area contributed by atoms with Gasteiger partial charge in [-0.1, -0.05) is 78.7 Å². The van der Waals surface area contributed by atoms with Crippen molar-refractivity contribution in [1.82, 2.24) is 21.1 Å². The number of alkyl carbamates (subject to hydrolysis) is 1. The fourth-order valence-electron chi connectivity index (χ4n) is 3.74.